The van der Waals surface area contributed by atoms with Gasteiger partial charge in [0, 0.05) is 0 Å². The molecule has 0 fully saturated rings. The van der Waals surface area contributed by atoms with Crippen LogP contribution >= 0.6 is 0 Å². The number of carbonyl (C=O) groups is 1. The van der Waals surface area contributed by atoms with E-state index in [1.165, 1.54) is 11.1 Å². The second-order valence-corrected chi connectivity index (χ2v) is 6.54. The molecular weight excluding hydrogens is 324 g/mol. The highest BCUT2D eigenvalue weighted by molar-refractivity contribution is 5.95. The summed E-state index contributed by atoms with van der Waals surface area (Å²) < 4.78 is 11.0. The molecule has 0 heterocycles. The number of hydrogen-bond acceptors (Lipinski definition) is 3. The number of benzene rings is 3. The van der Waals surface area contributed by atoms with Gasteiger partial charge in [-0.3, -0.25) is 0 Å². The third-order valence-corrected chi connectivity index (χ3v) is 4.84. The lowest BCUT2D eigenvalue weighted by Crippen LogP contribution is -2.17. The van der Waals surface area contributed by atoms with Gasteiger partial charge in [0.15, 0.2) is 6.79 Å². The molecule has 0 radical (unpaired) electrons. The molecule has 1 aliphatic rings. The standard InChI is InChI=1S/C23H20O3/c1-2-16-7-8-20-12-21(10-9-19(20)11-16)23(24)26-15-25-22-13-17-5-3-4-6-18(17)14-22/h2-12,22H,1,13-15H2. The lowest BCUT2D eigenvalue weighted by Gasteiger charge is -2.11. The van der Waals surface area contributed by atoms with Crippen molar-refractivity contribution in [2.75, 3.05) is 6.79 Å². The van der Waals surface area contributed by atoms with Crippen LogP contribution in [0.4, 0.5) is 0 Å². The fraction of sp³-hybridized carbons (Fsp3) is 0.174. The Balaban J connectivity index is 1.35. The Morgan fingerprint density at radius 3 is 2.42 bits per heavy atom. The summed E-state index contributed by atoms with van der Waals surface area (Å²) in [6.07, 6.45) is 3.62. The maximum Gasteiger partial charge on any atom is 0.340 e. The quantitative estimate of drug-likeness (QED) is 0.493. The molecule has 0 saturated heterocycles. The summed E-state index contributed by atoms with van der Waals surface area (Å²) in [4.78, 5) is 12.3. The smallest absolute Gasteiger partial charge is 0.340 e. The van der Waals surface area contributed by atoms with Gasteiger partial charge in [0.1, 0.15) is 0 Å². The van der Waals surface area contributed by atoms with Crippen LogP contribution in [-0.4, -0.2) is 18.9 Å². The average Bonchev–Trinajstić information content (AvgIpc) is 3.09. The molecule has 0 amide bonds. The zero-order chi connectivity index (χ0) is 17.9. The molecule has 0 unspecified atom stereocenters. The summed E-state index contributed by atoms with van der Waals surface area (Å²) in [6, 6.07) is 19.9. The number of fused-ring (bicyclic) bond motifs is 2. The molecule has 0 saturated carbocycles. The summed E-state index contributed by atoms with van der Waals surface area (Å²) in [5.74, 6) is -0.366. The van der Waals surface area contributed by atoms with Crippen LogP contribution in [0.15, 0.2) is 67.2 Å². The third kappa shape index (κ3) is 3.39. The predicted molar refractivity (Wildman–Crippen MR) is 103 cm³/mol. The monoisotopic (exact) mass is 344 g/mol. The minimum Gasteiger partial charge on any atom is -0.435 e. The second-order valence-electron chi connectivity index (χ2n) is 6.54. The number of carbonyl (C=O) groups excluding carboxylic acids is 1. The van der Waals surface area contributed by atoms with Gasteiger partial charge in [-0.2, -0.15) is 0 Å². The maximum absolute atomic E-state index is 12.3. The Morgan fingerprint density at radius 1 is 1.00 bits per heavy atom. The molecule has 3 heteroatoms. The van der Waals surface area contributed by atoms with Crippen LogP contribution in [-0.2, 0) is 22.3 Å². The van der Waals surface area contributed by atoms with E-state index < -0.39 is 0 Å². The van der Waals surface area contributed by atoms with E-state index in [9.17, 15) is 4.79 Å². The second kappa shape index (κ2) is 7.14. The van der Waals surface area contributed by atoms with Gasteiger partial charge in [-0.15, -0.1) is 0 Å². The van der Waals surface area contributed by atoms with E-state index in [1.54, 1.807) is 12.1 Å². The van der Waals surface area contributed by atoms with Crippen molar-refractivity contribution >= 4 is 22.8 Å². The molecule has 0 bridgehead atoms. The van der Waals surface area contributed by atoms with Crippen LogP contribution in [0.2, 0.25) is 0 Å². The van der Waals surface area contributed by atoms with Crippen molar-refractivity contribution in [1.82, 2.24) is 0 Å². The molecule has 26 heavy (non-hydrogen) atoms. The molecule has 1 aliphatic carbocycles. The first-order valence-electron chi connectivity index (χ1n) is 8.75. The number of esters is 1. The lowest BCUT2D eigenvalue weighted by molar-refractivity contribution is -0.0618. The first-order chi connectivity index (χ1) is 12.7. The van der Waals surface area contributed by atoms with Crippen molar-refractivity contribution in [2.24, 2.45) is 0 Å². The van der Waals surface area contributed by atoms with Crippen molar-refractivity contribution < 1.29 is 14.3 Å². The SMILES string of the molecule is C=Cc1ccc2cc(C(=O)OCOC3Cc4ccccc4C3)ccc2c1. The first kappa shape index (κ1) is 16.6. The Labute approximate surface area is 152 Å². The average molecular weight is 344 g/mol. The lowest BCUT2D eigenvalue weighted by atomic mass is 10.0. The van der Waals surface area contributed by atoms with Crippen molar-refractivity contribution in [1.29, 1.82) is 0 Å². The van der Waals surface area contributed by atoms with Crippen LogP contribution in [0.3, 0.4) is 0 Å². The van der Waals surface area contributed by atoms with Crippen molar-refractivity contribution in [3.63, 3.8) is 0 Å². The van der Waals surface area contributed by atoms with Crippen LogP contribution < -0.4 is 0 Å². The zero-order valence-corrected chi connectivity index (χ0v) is 14.5. The van der Waals surface area contributed by atoms with Gasteiger partial charge in [-0.25, -0.2) is 4.79 Å². The van der Waals surface area contributed by atoms with E-state index in [2.05, 4.69) is 18.7 Å². The molecular formula is C23H20O3. The number of hydrogen-bond donors (Lipinski definition) is 0. The van der Waals surface area contributed by atoms with E-state index in [-0.39, 0.29) is 18.9 Å². The molecule has 3 aromatic rings. The predicted octanol–water partition coefficient (Wildman–Crippen LogP) is 4.78. The van der Waals surface area contributed by atoms with Gasteiger partial charge >= 0.3 is 5.97 Å². The zero-order valence-electron chi connectivity index (χ0n) is 14.5. The highest BCUT2D eigenvalue weighted by Crippen LogP contribution is 2.24. The molecule has 130 valence electrons. The van der Waals surface area contributed by atoms with Crippen LogP contribution in [0.5, 0.6) is 0 Å². The van der Waals surface area contributed by atoms with Crippen LogP contribution in [0.25, 0.3) is 16.8 Å². The molecule has 0 atom stereocenters. The normalized spacial score (nSPS) is 13.5. The fourth-order valence-electron chi connectivity index (χ4n) is 3.42. The topological polar surface area (TPSA) is 35.5 Å². The van der Waals surface area contributed by atoms with Crippen molar-refractivity contribution in [3.8, 4) is 0 Å². The minimum atomic E-state index is -0.366. The summed E-state index contributed by atoms with van der Waals surface area (Å²) in [5.41, 5.74) is 4.22. The highest BCUT2D eigenvalue weighted by Gasteiger charge is 2.21. The van der Waals surface area contributed by atoms with Gasteiger partial charge in [-0.05, 0) is 58.5 Å². The fourth-order valence-corrected chi connectivity index (χ4v) is 3.42. The van der Waals surface area contributed by atoms with E-state index in [1.807, 2.05) is 42.5 Å². The summed E-state index contributed by atoms with van der Waals surface area (Å²) in [6.45, 7) is 3.75. The van der Waals surface area contributed by atoms with E-state index >= 15 is 0 Å². The van der Waals surface area contributed by atoms with E-state index in [0.717, 1.165) is 29.2 Å². The van der Waals surface area contributed by atoms with Crippen LogP contribution in [0, 0.1) is 0 Å². The molecule has 4 rings (SSSR count). The van der Waals surface area contributed by atoms with Gasteiger partial charge in [0.05, 0.1) is 11.7 Å². The first-order valence-corrected chi connectivity index (χ1v) is 8.75. The molecule has 0 N–H and O–H groups in total. The van der Waals surface area contributed by atoms with Gasteiger partial charge in [0.2, 0.25) is 0 Å². The molecule has 3 aromatic carbocycles. The molecule has 0 spiro atoms. The maximum atomic E-state index is 12.3. The summed E-state index contributed by atoms with van der Waals surface area (Å²) >= 11 is 0. The number of ether oxygens (including phenoxy) is 2. The van der Waals surface area contributed by atoms with E-state index in [4.69, 9.17) is 9.47 Å². The Morgan fingerprint density at radius 2 is 1.69 bits per heavy atom. The summed E-state index contributed by atoms with van der Waals surface area (Å²) in [5, 5.41) is 2.07. The molecule has 0 aliphatic heterocycles. The molecule has 0 aromatic heterocycles. The van der Waals surface area contributed by atoms with Crippen molar-refractivity contribution in [3.05, 3.63) is 89.5 Å². The highest BCUT2D eigenvalue weighted by atomic mass is 16.7. The Kier molecular flexibility index (Phi) is 4.55. The van der Waals surface area contributed by atoms with Crippen LogP contribution in [0.1, 0.15) is 27.0 Å². The van der Waals surface area contributed by atoms with Gasteiger partial charge < -0.3 is 9.47 Å². The third-order valence-electron chi connectivity index (χ3n) is 4.84. The van der Waals surface area contributed by atoms with Gasteiger partial charge in [-0.1, -0.05) is 55.1 Å². The van der Waals surface area contributed by atoms with E-state index in [0.29, 0.717) is 5.56 Å². The number of rotatable bonds is 5. The largest absolute Gasteiger partial charge is 0.435 e. The van der Waals surface area contributed by atoms with Gasteiger partial charge in [0.25, 0.3) is 0 Å². The Hall–Kier alpha value is -2.91. The van der Waals surface area contributed by atoms with Crippen molar-refractivity contribution in [2.45, 2.75) is 18.9 Å². The Bertz CT molecular complexity index is 949. The minimum absolute atomic E-state index is 0.0229. The molecule has 3 nitrogen and oxygen atoms in total. The summed E-state index contributed by atoms with van der Waals surface area (Å²) in [7, 11) is 0.